The molecule has 0 radical (unpaired) electrons. The molecule has 0 saturated heterocycles. The molecule has 0 fully saturated rings. The van der Waals surface area contributed by atoms with Gasteiger partial charge in [-0.05, 0) is 24.3 Å². The summed E-state index contributed by atoms with van der Waals surface area (Å²) in [6.07, 6.45) is 1.48. The van der Waals surface area contributed by atoms with Crippen LogP contribution in [-0.2, 0) is 5.88 Å². The Balaban J connectivity index is 2.30. The second kappa shape index (κ2) is 4.37. The highest BCUT2D eigenvalue weighted by atomic mass is 35.5. The predicted molar refractivity (Wildman–Crippen MR) is 58.5 cm³/mol. The molecular formula is C11H8ClNO3. The standard InChI is InChI=1S/C11H8ClNO3/c12-5-9-6-16-10(13-9)7-1-3-8(4-2-7)11(14)15/h1-4,6H,5H2,(H,14,15). The van der Waals surface area contributed by atoms with Gasteiger partial charge in [-0.15, -0.1) is 11.6 Å². The molecule has 1 aromatic carbocycles. The number of benzene rings is 1. The zero-order valence-corrected chi connectivity index (χ0v) is 8.94. The number of carboxylic acids is 1. The van der Waals surface area contributed by atoms with Crippen LogP contribution in [0.2, 0.25) is 0 Å². The van der Waals surface area contributed by atoms with Gasteiger partial charge in [0, 0.05) is 5.56 Å². The molecule has 0 spiro atoms. The van der Waals surface area contributed by atoms with Crippen molar-refractivity contribution in [3.05, 3.63) is 41.8 Å². The maximum Gasteiger partial charge on any atom is 0.335 e. The van der Waals surface area contributed by atoms with E-state index in [9.17, 15) is 4.79 Å². The molecule has 82 valence electrons. The molecule has 0 bridgehead atoms. The van der Waals surface area contributed by atoms with Crippen molar-refractivity contribution in [2.45, 2.75) is 5.88 Å². The molecule has 1 N–H and O–H groups in total. The van der Waals surface area contributed by atoms with E-state index in [-0.39, 0.29) is 11.4 Å². The number of alkyl halides is 1. The summed E-state index contributed by atoms with van der Waals surface area (Å²) in [5, 5.41) is 8.73. The van der Waals surface area contributed by atoms with Crippen LogP contribution in [0.3, 0.4) is 0 Å². The van der Waals surface area contributed by atoms with Gasteiger partial charge in [-0.25, -0.2) is 9.78 Å². The van der Waals surface area contributed by atoms with E-state index in [1.807, 2.05) is 0 Å². The average molecular weight is 238 g/mol. The number of carboxylic acid groups (broad SMARTS) is 1. The van der Waals surface area contributed by atoms with Crippen LogP contribution in [0.4, 0.5) is 0 Å². The number of hydrogen-bond acceptors (Lipinski definition) is 3. The van der Waals surface area contributed by atoms with E-state index in [0.29, 0.717) is 11.6 Å². The highest BCUT2D eigenvalue weighted by Crippen LogP contribution is 2.19. The Morgan fingerprint density at radius 1 is 1.38 bits per heavy atom. The largest absolute Gasteiger partial charge is 0.478 e. The van der Waals surface area contributed by atoms with Gasteiger partial charge in [-0.3, -0.25) is 0 Å². The number of nitrogens with zero attached hydrogens (tertiary/aromatic N) is 1. The Hall–Kier alpha value is -1.81. The molecule has 0 saturated carbocycles. The van der Waals surface area contributed by atoms with Crippen molar-refractivity contribution < 1.29 is 14.3 Å². The van der Waals surface area contributed by atoms with E-state index in [1.54, 1.807) is 12.1 Å². The molecule has 0 aliphatic heterocycles. The summed E-state index contributed by atoms with van der Waals surface area (Å²) in [4.78, 5) is 14.8. The van der Waals surface area contributed by atoms with E-state index in [1.165, 1.54) is 18.4 Å². The van der Waals surface area contributed by atoms with Crippen LogP contribution in [0.5, 0.6) is 0 Å². The normalized spacial score (nSPS) is 10.3. The lowest BCUT2D eigenvalue weighted by Crippen LogP contribution is -1.94. The van der Waals surface area contributed by atoms with Crippen molar-refractivity contribution in [3.8, 4) is 11.5 Å². The second-order valence-electron chi connectivity index (χ2n) is 3.16. The third-order valence-corrected chi connectivity index (χ3v) is 2.34. The Bertz CT molecular complexity index is 504. The molecule has 0 aliphatic rings. The van der Waals surface area contributed by atoms with Gasteiger partial charge >= 0.3 is 5.97 Å². The monoisotopic (exact) mass is 237 g/mol. The van der Waals surface area contributed by atoms with Crippen molar-refractivity contribution in [1.29, 1.82) is 0 Å². The lowest BCUT2D eigenvalue weighted by molar-refractivity contribution is 0.0697. The summed E-state index contributed by atoms with van der Waals surface area (Å²) in [7, 11) is 0. The minimum Gasteiger partial charge on any atom is -0.478 e. The van der Waals surface area contributed by atoms with Gasteiger partial charge in [0.05, 0.1) is 17.1 Å². The van der Waals surface area contributed by atoms with E-state index in [2.05, 4.69) is 4.98 Å². The highest BCUT2D eigenvalue weighted by molar-refractivity contribution is 6.16. The van der Waals surface area contributed by atoms with Gasteiger partial charge in [0.25, 0.3) is 0 Å². The summed E-state index contributed by atoms with van der Waals surface area (Å²) >= 11 is 5.59. The van der Waals surface area contributed by atoms with Gasteiger partial charge in [0.1, 0.15) is 6.26 Å². The first-order valence-corrected chi connectivity index (χ1v) is 5.08. The minimum atomic E-state index is -0.958. The van der Waals surface area contributed by atoms with E-state index >= 15 is 0 Å². The molecular weight excluding hydrogens is 230 g/mol. The molecule has 2 aromatic rings. The minimum absolute atomic E-state index is 0.230. The van der Waals surface area contributed by atoms with Gasteiger partial charge in [0.2, 0.25) is 5.89 Å². The molecule has 2 rings (SSSR count). The number of rotatable bonds is 3. The summed E-state index contributed by atoms with van der Waals surface area (Å²) in [5.74, 6) is -0.232. The van der Waals surface area contributed by atoms with Gasteiger partial charge in [0.15, 0.2) is 0 Å². The van der Waals surface area contributed by atoms with E-state index in [4.69, 9.17) is 21.1 Å². The Kier molecular flexibility index (Phi) is 2.92. The summed E-state index contributed by atoms with van der Waals surface area (Å²) in [6, 6.07) is 6.30. The van der Waals surface area contributed by atoms with Gasteiger partial charge in [-0.2, -0.15) is 0 Å². The van der Waals surface area contributed by atoms with E-state index in [0.717, 1.165) is 5.56 Å². The lowest BCUT2D eigenvalue weighted by Gasteiger charge is -1.96. The Morgan fingerprint density at radius 3 is 2.56 bits per heavy atom. The molecule has 16 heavy (non-hydrogen) atoms. The Labute approximate surface area is 96.5 Å². The van der Waals surface area contributed by atoms with Crippen LogP contribution in [0, 0.1) is 0 Å². The van der Waals surface area contributed by atoms with Gasteiger partial charge in [-0.1, -0.05) is 0 Å². The zero-order chi connectivity index (χ0) is 11.5. The van der Waals surface area contributed by atoms with Crippen molar-refractivity contribution in [1.82, 2.24) is 4.98 Å². The smallest absolute Gasteiger partial charge is 0.335 e. The first-order chi connectivity index (χ1) is 7.70. The van der Waals surface area contributed by atoms with Crippen LogP contribution in [-0.4, -0.2) is 16.1 Å². The van der Waals surface area contributed by atoms with Crippen molar-refractivity contribution in [2.24, 2.45) is 0 Å². The fourth-order valence-corrected chi connectivity index (χ4v) is 1.38. The number of oxazole rings is 1. The number of carbonyl (C=O) groups is 1. The summed E-state index contributed by atoms with van der Waals surface area (Å²) < 4.78 is 5.20. The maximum absolute atomic E-state index is 10.6. The summed E-state index contributed by atoms with van der Waals surface area (Å²) in [6.45, 7) is 0. The average Bonchev–Trinajstić information content (AvgIpc) is 2.77. The van der Waals surface area contributed by atoms with Crippen LogP contribution >= 0.6 is 11.6 Å². The second-order valence-corrected chi connectivity index (χ2v) is 3.43. The molecule has 0 unspecified atom stereocenters. The third-order valence-electron chi connectivity index (χ3n) is 2.07. The summed E-state index contributed by atoms with van der Waals surface area (Å²) in [5.41, 5.74) is 1.60. The van der Waals surface area contributed by atoms with Gasteiger partial charge < -0.3 is 9.52 Å². The molecule has 0 atom stereocenters. The Morgan fingerprint density at radius 2 is 2.06 bits per heavy atom. The fourth-order valence-electron chi connectivity index (χ4n) is 1.26. The van der Waals surface area contributed by atoms with Crippen molar-refractivity contribution in [3.63, 3.8) is 0 Å². The van der Waals surface area contributed by atoms with Crippen LogP contribution in [0.1, 0.15) is 16.1 Å². The molecule has 1 heterocycles. The number of aromatic carboxylic acids is 1. The molecule has 4 nitrogen and oxygen atoms in total. The number of halogens is 1. The lowest BCUT2D eigenvalue weighted by atomic mass is 10.1. The number of hydrogen-bond donors (Lipinski definition) is 1. The van der Waals surface area contributed by atoms with Crippen LogP contribution in [0.25, 0.3) is 11.5 Å². The fraction of sp³-hybridized carbons (Fsp3) is 0.0909. The SMILES string of the molecule is O=C(O)c1ccc(-c2nc(CCl)co2)cc1. The predicted octanol–water partition coefficient (Wildman–Crippen LogP) is 2.78. The van der Waals surface area contributed by atoms with Crippen LogP contribution < -0.4 is 0 Å². The molecule has 5 heteroatoms. The first kappa shape index (κ1) is 10.7. The van der Waals surface area contributed by atoms with Crippen molar-refractivity contribution >= 4 is 17.6 Å². The van der Waals surface area contributed by atoms with Crippen LogP contribution in [0.15, 0.2) is 34.9 Å². The van der Waals surface area contributed by atoms with E-state index < -0.39 is 5.97 Å². The van der Waals surface area contributed by atoms with Crippen molar-refractivity contribution in [2.75, 3.05) is 0 Å². The topological polar surface area (TPSA) is 63.3 Å². The molecule has 1 aromatic heterocycles. The quantitative estimate of drug-likeness (QED) is 0.834. The third kappa shape index (κ3) is 2.06. The first-order valence-electron chi connectivity index (χ1n) is 4.55. The maximum atomic E-state index is 10.6. The molecule has 0 aliphatic carbocycles. The number of aromatic nitrogens is 1. The highest BCUT2D eigenvalue weighted by Gasteiger charge is 2.07. The molecule has 0 amide bonds. The zero-order valence-electron chi connectivity index (χ0n) is 8.18.